The molecule has 2 aromatic carbocycles. The first-order chi connectivity index (χ1) is 17.9. The van der Waals surface area contributed by atoms with Gasteiger partial charge in [0.15, 0.2) is 0 Å². The molecule has 0 unspecified atom stereocenters. The van der Waals surface area contributed by atoms with Crippen LogP contribution in [0.1, 0.15) is 28.3 Å². The standard InChI is InChI=1S/C26H25ClN6O3S.ClH/c1-15(18-4-3-5-21(24(18)27)35-9-8-28)36-22-11-23(37-25(22)26(29)34)33-14-30-19-10-16(6-7-20(19)33)17-12-31-32(2)13-17;/h3-7,10-15H,8-9,28H2,1-2H3,(H2,29,34);1H/t15-;/m1./s1. The second-order valence-corrected chi connectivity index (χ2v) is 9.83. The van der Waals surface area contributed by atoms with Crippen molar-refractivity contribution < 1.29 is 14.3 Å². The molecule has 0 saturated carbocycles. The first kappa shape index (κ1) is 27.5. The van der Waals surface area contributed by atoms with E-state index in [0.717, 1.165) is 32.7 Å². The van der Waals surface area contributed by atoms with Crippen molar-refractivity contribution >= 4 is 52.3 Å². The zero-order valence-electron chi connectivity index (χ0n) is 20.6. The number of nitrogens with zero attached hydrogens (tertiary/aromatic N) is 4. The minimum absolute atomic E-state index is 0. The number of carbonyl (C=O) groups is 1. The number of ether oxygens (including phenoxy) is 2. The lowest BCUT2D eigenvalue weighted by molar-refractivity contribution is 0.0998. The maximum atomic E-state index is 12.3. The zero-order chi connectivity index (χ0) is 26.1. The summed E-state index contributed by atoms with van der Waals surface area (Å²) in [5.74, 6) is 0.322. The molecular formula is C26H26Cl2N6O3S. The van der Waals surface area contributed by atoms with Crippen molar-refractivity contribution in [1.29, 1.82) is 0 Å². The number of imidazole rings is 1. The third-order valence-electron chi connectivity index (χ3n) is 5.84. The van der Waals surface area contributed by atoms with E-state index in [1.165, 1.54) is 11.3 Å². The lowest BCUT2D eigenvalue weighted by Gasteiger charge is -2.18. The number of hydrogen-bond donors (Lipinski definition) is 2. The molecule has 0 bridgehead atoms. The Morgan fingerprint density at radius 2 is 2.00 bits per heavy atom. The van der Waals surface area contributed by atoms with Gasteiger partial charge in [-0.15, -0.1) is 23.7 Å². The Balaban J connectivity index is 0.00000336. The number of fused-ring (bicyclic) bond motifs is 1. The van der Waals surface area contributed by atoms with Crippen LogP contribution in [-0.2, 0) is 7.05 Å². The lowest BCUT2D eigenvalue weighted by Crippen LogP contribution is -2.13. The monoisotopic (exact) mass is 572 g/mol. The van der Waals surface area contributed by atoms with Gasteiger partial charge in [-0.1, -0.05) is 29.8 Å². The number of benzene rings is 2. The molecule has 5 aromatic rings. The van der Waals surface area contributed by atoms with Crippen molar-refractivity contribution in [2.75, 3.05) is 13.2 Å². The van der Waals surface area contributed by atoms with Gasteiger partial charge in [0.05, 0.1) is 22.3 Å². The van der Waals surface area contributed by atoms with Gasteiger partial charge in [-0.3, -0.25) is 14.0 Å². The third-order valence-corrected chi connectivity index (χ3v) is 7.38. The molecule has 3 aromatic heterocycles. The van der Waals surface area contributed by atoms with E-state index < -0.39 is 12.0 Å². The van der Waals surface area contributed by atoms with Crippen molar-refractivity contribution in [2.24, 2.45) is 18.5 Å². The number of thiophene rings is 1. The van der Waals surface area contributed by atoms with Crippen LogP contribution in [0.25, 0.3) is 27.2 Å². The van der Waals surface area contributed by atoms with Gasteiger partial charge < -0.3 is 20.9 Å². The van der Waals surface area contributed by atoms with E-state index in [1.54, 1.807) is 23.1 Å². The van der Waals surface area contributed by atoms with Crippen LogP contribution < -0.4 is 20.9 Å². The summed E-state index contributed by atoms with van der Waals surface area (Å²) in [6.07, 6.45) is 5.01. The van der Waals surface area contributed by atoms with Crippen LogP contribution >= 0.6 is 35.3 Å². The summed E-state index contributed by atoms with van der Waals surface area (Å²) >= 11 is 7.80. The molecule has 0 fully saturated rings. The third kappa shape index (κ3) is 5.34. The molecule has 0 aliphatic rings. The van der Waals surface area contributed by atoms with E-state index in [2.05, 4.69) is 10.1 Å². The van der Waals surface area contributed by atoms with Crippen LogP contribution in [0.2, 0.25) is 5.02 Å². The quantitative estimate of drug-likeness (QED) is 0.252. The summed E-state index contributed by atoms with van der Waals surface area (Å²) < 4.78 is 15.5. The maximum absolute atomic E-state index is 12.3. The van der Waals surface area contributed by atoms with Gasteiger partial charge >= 0.3 is 0 Å². The number of rotatable bonds is 9. The van der Waals surface area contributed by atoms with Gasteiger partial charge in [0.25, 0.3) is 5.91 Å². The first-order valence-corrected chi connectivity index (χ1v) is 12.7. The highest BCUT2D eigenvalue weighted by atomic mass is 35.5. The molecule has 3 heterocycles. The van der Waals surface area contributed by atoms with Crippen LogP contribution in [0.4, 0.5) is 0 Å². The van der Waals surface area contributed by atoms with Crippen LogP contribution in [0.3, 0.4) is 0 Å². The molecule has 5 rings (SSSR count). The fourth-order valence-electron chi connectivity index (χ4n) is 4.05. The summed E-state index contributed by atoms with van der Waals surface area (Å²) in [6, 6.07) is 13.3. The predicted octanol–water partition coefficient (Wildman–Crippen LogP) is 5.14. The van der Waals surface area contributed by atoms with Gasteiger partial charge in [-0.05, 0) is 30.7 Å². The van der Waals surface area contributed by atoms with Crippen molar-refractivity contribution in [2.45, 2.75) is 13.0 Å². The van der Waals surface area contributed by atoms with Crippen molar-refractivity contribution in [3.8, 4) is 27.6 Å². The Hall–Kier alpha value is -3.57. The van der Waals surface area contributed by atoms with Gasteiger partial charge in [-0.25, -0.2) is 4.98 Å². The van der Waals surface area contributed by atoms with E-state index in [4.69, 9.17) is 32.5 Å². The molecule has 1 amide bonds. The second-order valence-electron chi connectivity index (χ2n) is 8.42. The van der Waals surface area contributed by atoms with E-state index in [9.17, 15) is 4.79 Å². The number of halogens is 2. The molecular weight excluding hydrogens is 547 g/mol. The zero-order valence-corrected chi connectivity index (χ0v) is 23.0. The smallest absolute Gasteiger partial charge is 0.262 e. The lowest BCUT2D eigenvalue weighted by atomic mass is 10.1. The summed E-state index contributed by atoms with van der Waals surface area (Å²) in [6.45, 7) is 2.57. The Morgan fingerprint density at radius 3 is 2.71 bits per heavy atom. The highest BCUT2D eigenvalue weighted by Gasteiger charge is 2.22. The Kier molecular flexibility index (Phi) is 8.27. The number of nitrogens with two attached hydrogens (primary N) is 2. The maximum Gasteiger partial charge on any atom is 0.262 e. The fourth-order valence-corrected chi connectivity index (χ4v) is 5.32. The van der Waals surface area contributed by atoms with Crippen LogP contribution in [-0.4, -0.2) is 38.4 Å². The number of carbonyl (C=O) groups excluding carboxylic acids is 1. The van der Waals surface area contributed by atoms with Gasteiger partial charge in [0.1, 0.15) is 40.4 Å². The number of hydrogen-bond acceptors (Lipinski definition) is 7. The van der Waals surface area contributed by atoms with Gasteiger partial charge in [0, 0.05) is 37.0 Å². The Labute approximate surface area is 234 Å². The summed E-state index contributed by atoms with van der Waals surface area (Å²) in [5.41, 5.74) is 15.7. The van der Waals surface area contributed by atoms with E-state index in [1.807, 2.05) is 61.3 Å². The molecule has 0 aliphatic heterocycles. The normalized spacial score (nSPS) is 11.8. The molecule has 4 N–H and O–H groups in total. The molecule has 9 nitrogen and oxygen atoms in total. The van der Waals surface area contributed by atoms with Crippen molar-refractivity contribution in [3.63, 3.8) is 0 Å². The first-order valence-electron chi connectivity index (χ1n) is 11.5. The van der Waals surface area contributed by atoms with E-state index >= 15 is 0 Å². The van der Waals surface area contributed by atoms with E-state index in [-0.39, 0.29) is 12.4 Å². The largest absolute Gasteiger partial charge is 0.491 e. The van der Waals surface area contributed by atoms with E-state index in [0.29, 0.717) is 34.6 Å². The summed E-state index contributed by atoms with van der Waals surface area (Å²) in [5, 5.41) is 5.42. The highest BCUT2D eigenvalue weighted by Crippen LogP contribution is 2.39. The second kappa shape index (κ2) is 11.4. The summed E-state index contributed by atoms with van der Waals surface area (Å²) in [7, 11) is 1.88. The number of primary amides is 1. The van der Waals surface area contributed by atoms with Gasteiger partial charge in [0.2, 0.25) is 0 Å². The van der Waals surface area contributed by atoms with Crippen molar-refractivity contribution in [3.05, 3.63) is 76.6 Å². The number of amides is 1. The van der Waals surface area contributed by atoms with Crippen LogP contribution in [0.5, 0.6) is 11.5 Å². The molecule has 12 heteroatoms. The Morgan fingerprint density at radius 1 is 1.18 bits per heavy atom. The molecule has 1 atom stereocenters. The molecule has 0 spiro atoms. The fraction of sp³-hybridized carbons (Fsp3) is 0.192. The SMILES string of the molecule is C[C@@H](Oc1cc(-n2cnc3cc(-c4cnn(C)c4)ccc32)sc1C(N)=O)c1cccc(OCCN)c1Cl.Cl. The molecule has 198 valence electrons. The van der Waals surface area contributed by atoms with Crippen LogP contribution in [0, 0.1) is 0 Å². The molecule has 38 heavy (non-hydrogen) atoms. The highest BCUT2D eigenvalue weighted by molar-refractivity contribution is 7.16. The molecule has 0 saturated heterocycles. The summed E-state index contributed by atoms with van der Waals surface area (Å²) in [4.78, 5) is 17.2. The van der Waals surface area contributed by atoms with Crippen molar-refractivity contribution in [1.82, 2.24) is 19.3 Å². The van der Waals surface area contributed by atoms with Crippen LogP contribution in [0.15, 0.2) is 61.2 Å². The number of aromatic nitrogens is 4. The molecule has 0 aliphatic carbocycles. The minimum Gasteiger partial charge on any atom is -0.491 e. The topological polar surface area (TPSA) is 123 Å². The minimum atomic E-state index is -0.576. The molecule has 0 radical (unpaired) electrons. The predicted molar refractivity (Wildman–Crippen MR) is 152 cm³/mol. The average Bonchev–Trinajstić information content (AvgIpc) is 3.61. The average molecular weight is 574 g/mol. The van der Waals surface area contributed by atoms with Gasteiger partial charge in [-0.2, -0.15) is 5.10 Å². The number of aryl methyl sites for hydroxylation is 1. The Bertz CT molecular complexity index is 1600.